The van der Waals surface area contributed by atoms with Crippen molar-refractivity contribution in [3.8, 4) is 0 Å². The van der Waals surface area contributed by atoms with Crippen LogP contribution in [0.4, 0.5) is 11.5 Å². The molecular formula is C17H21N3. The minimum atomic E-state index is 0.741. The van der Waals surface area contributed by atoms with Crippen molar-refractivity contribution in [3.63, 3.8) is 0 Å². The van der Waals surface area contributed by atoms with Gasteiger partial charge in [0.15, 0.2) is 0 Å². The summed E-state index contributed by atoms with van der Waals surface area (Å²) in [5.74, 6) is 0.976. The van der Waals surface area contributed by atoms with Crippen LogP contribution >= 0.6 is 0 Å². The van der Waals surface area contributed by atoms with E-state index in [9.17, 15) is 0 Å². The van der Waals surface area contributed by atoms with Crippen LogP contribution in [0.1, 0.15) is 24.0 Å². The zero-order valence-corrected chi connectivity index (χ0v) is 12.1. The van der Waals surface area contributed by atoms with E-state index >= 15 is 0 Å². The zero-order valence-electron chi connectivity index (χ0n) is 12.1. The molecule has 0 aliphatic heterocycles. The van der Waals surface area contributed by atoms with Gasteiger partial charge in [0.1, 0.15) is 5.82 Å². The molecule has 1 fully saturated rings. The molecule has 0 spiro atoms. The summed E-state index contributed by atoms with van der Waals surface area (Å²) in [5, 5.41) is 3.51. The maximum Gasteiger partial charge on any atom is 0.132 e. The summed E-state index contributed by atoms with van der Waals surface area (Å²) >= 11 is 0. The van der Waals surface area contributed by atoms with E-state index in [1.807, 2.05) is 6.20 Å². The minimum Gasteiger partial charge on any atom is -0.329 e. The first kappa shape index (κ1) is 13.1. The molecule has 0 unspecified atom stereocenters. The van der Waals surface area contributed by atoms with Crippen LogP contribution < -0.4 is 10.2 Å². The first-order valence-corrected chi connectivity index (χ1v) is 7.21. The lowest BCUT2D eigenvalue weighted by molar-refractivity contribution is 0.686. The number of nitrogens with zero attached hydrogens (tertiary/aromatic N) is 2. The van der Waals surface area contributed by atoms with Gasteiger partial charge in [-0.3, -0.25) is 0 Å². The Labute approximate surface area is 120 Å². The van der Waals surface area contributed by atoms with Crippen molar-refractivity contribution in [2.75, 3.05) is 11.9 Å². The maximum atomic E-state index is 4.56. The van der Waals surface area contributed by atoms with Crippen molar-refractivity contribution >= 4 is 11.5 Å². The fourth-order valence-electron chi connectivity index (χ4n) is 2.17. The number of nitrogens with one attached hydrogen (secondary N) is 1. The molecule has 0 bridgehead atoms. The average molecular weight is 267 g/mol. The summed E-state index contributed by atoms with van der Waals surface area (Å²) < 4.78 is 0. The van der Waals surface area contributed by atoms with Crippen LogP contribution in [-0.4, -0.2) is 18.1 Å². The van der Waals surface area contributed by atoms with Gasteiger partial charge in [0, 0.05) is 31.5 Å². The second kappa shape index (κ2) is 5.63. The standard InChI is InChI=1S/C17H21N3/c1-13-3-8-16(9-4-13)20(2)17-10-5-14(12-19-17)11-18-15-6-7-15/h3-5,8-10,12,15,18H,6-7,11H2,1-2H3. The van der Waals surface area contributed by atoms with Gasteiger partial charge in [-0.25, -0.2) is 4.98 Å². The van der Waals surface area contributed by atoms with Gasteiger partial charge in [-0.2, -0.15) is 0 Å². The van der Waals surface area contributed by atoms with Crippen molar-refractivity contribution < 1.29 is 0 Å². The van der Waals surface area contributed by atoms with Gasteiger partial charge in [0.05, 0.1) is 0 Å². The van der Waals surface area contributed by atoms with Gasteiger partial charge in [-0.05, 0) is 43.5 Å². The number of aromatic nitrogens is 1. The van der Waals surface area contributed by atoms with Gasteiger partial charge in [0.25, 0.3) is 0 Å². The Hall–Kier alpha value is -1.87. The Morgan fingerprint density at radius 1 is 1.15 bits per heavy atom. The van der Waals surface area contributed by atoms with Crippen LogP contribution in [-0.2, 0) is 6.54 Å². The van der Waals surface area contributed by atoms with Crippen molar-refractivity contribution in [2.45, 2.75) is 32.4 Å². The molecule has 3 heteroatoms. The third-order valence-electron chi connectivity index (χ3n) is 3.75. The van der Waals surface area contributed by atoms with E-state index < -0.39 is 0 Å². The molecule has 3 nitrogen and oxygen atoms in total. The number of benzene rings is 1. The molecule has 2 aromatic rings. The summed E-state index contributed by atoms with van der Waals surface area (Å²) in [6.07, 6.45) is 4.61. The third kappa shape index (κ3) is 3.17. The van der Waals surface area contributed by atoms with Gasteiger partial charge < -0.3 is 10.2 Å². The lowest BCUT2D eigenvalue weighted by Gasteiger charge is -2.18. The van der Waals surface area contributed by atoms with Crippen molar-refractivity contribution in [1.29, 1.82) is 0 Å². The molecule has 0 atom stereocenters. The summed E-state index contributed by atoms with van der Waals surface area (Å²) in [6, 6.07) is 13.5. The highest BCUT2D eigenvalue weighted by Gasteiger charge is 2.19. The van der Waals surface area contributed by atoms with Gasteiger partial charge in [-0.1, -0.05) is 23.8 Å². The molecule has 104 valence electrons. The topological polar surface area (TPSA) is 28.2 Å². The van der Waals surface area contributed by atoms with Crippen LogP contribution in [0, 0.1) is 6.92 Å². The molecule has 20 heavy (non-hydrogen) atoms. The van der Waals surface area contributed by atoms with E-state index in [1.165, 1.54) is 24.0 Å². The Morgan fingerprint density at radius 2 is 1.90 bits per heavy atom. The summed E-state index contributed by atoms with van der Waals surface area (Å²) in [6.45, 7) is 3.02. The second-order valence-corrected chi connectivity index (χ2v) is 5.57. The van der Waals surface area contributed by atoms with E-state index in [-0.39, 0.29) is 0 Å². The third-order valence-corrected chi connectivity index (χ3v) is 3.75. The van der Waals surface area contributed by atoms with Crippen molar-refractivity contribution in [1.82, 2.24) is 10.3 Å². The lowest BCUT2D eigenvalue weighted by atomic mass is 10.2. The molecule has 1 heterocycles. The number of aryl methyl sites for hydroxylation is 1. The highest BCUT2D eigenvalue weighted by molar-refractivity contribution is 5.59. The van der Waals surface area contributed by atoms with Crippen LogP contribution in [0.25, 0.3) is 0 Å². The van der Waals surface area contributed by atoms with E-state index in [4.69, 9.17) is 0 Å². The highest BCUT2D eigenvalue weighted by atomic mass is 15.2. The lowest BCUT2D eigenvalue weighted by Crippen LogP contribution is -2.16. The fourth-order valence-corrected chi connectivity index (χ4v) is 2.17. The van der Waals surface area contributed by atoms with Crippen LogP contribution in [0.2, 0.25) is 0 Å². The number of pyridine rings is 1. The van der Waals surface area contributed by atoms with E-state index in [1.54, 1.807) is 0 Å². The molecule has 1 N–H and O–H groups in total. The highest BCUT2D eigenvalue weighted by Crippen LogP contribution is 2.22. The minimum absolute atomic E-state index is 0.741. The Morgan fingerprint density at radius 3 is 2.50 bits per heavy atom. The molecular weight excluding hydrogens is 246 g/mol. The molecule has 0 radical (unpaired) electrons. The van der Waals surface area contributed by atoms with Gasteiger partial charge in [-0.15, -0.1) is 0 Å². The number of hydrogen-bond donors (Lipinski definition) is 1. The molecule has 0 amide bonds. The van der Waals surface area contributed by atoms with Crippen LogP contribution in [0.15, 0.2) is 42.6 Å². The fraction of sp³-hybridized carbons (Fsp3) is 0.353. The van der Waals surface area contributed by atoms with Gasteiger partial charge >= 0.3 is 0 Å². The molecule has 0 saturated heterocycles. The normalized spacial score (nSPS) is 14.3. The first-order chi connectivity index (χ1) is 9.72. The molecule has 1 aliphatic carbocycles. The maximum absolute atomic E-state index is 4.56. The number of anilines is 2. The Bertz CT molecular complexity index is 556. The monoisotopic (exact) mass is 267 g/mol. The molecule has 3 rings (SSSR count). The summed E-state index contributed by atoms with van der Waals surface area (Å²) in [5.41, 5.74) is 3.68. The van der Waals surface area contributed by atoms with E-state index in [0.717, 1.165) is 24.1 Å². The van der Waals surface area contributed by atoms with Crippen molar-refractivity contribution in [2.24, 2.45) is 0 Å². The number of hydrogen-bond acceptors (Lipinski definition) is 3. The smallest absolute Gasteiger partial charge is 0.132 e. The summed E-state index contributed by atoms with van der Waals surface area (Å²) in [4.78, 5) is 6.67. The average Bonchev–Trinajstić information content (AvgIpc) is 3.30. The Kier molecular flexibility index (Phi) is 3.70. The van der Waals surface area contributed by atoms with Crippen LogP contribution in [0.5, 0.6) is 0 Å². The zero-order chi connectivity index (χ0) is 13.9. The molecule has 1 aromatic heterocycles. The Balaban J connectivity index is 1.67. The predicted octanol–water partition coefficient (Wildman–Crippen LogP) is 3.41. The van der Waals surface area contributed by atoms with E-state index in [2.05, 4.69) is 65.6 Å². The molecule has 1 aromatic carbocycles. The van der Waals surface area contributed by atoms with Gasteiger partial charge in [0.2, 0.25) is 0 Å². The van der Waals surface area contributed by atoms with E-state index in [0.29, 0.717) is 0 Å². The SMILES string of the molecule is Cc1ccc(N(C)c2ccc(CNC3CC3)cn2)cc1. The number of rotatable bonds is 5. The van der Waals surface area contributed by atoms with Crippen molar-refractivity contribution in [3.05, 3.63) is 53.7 Å². The summed E-state index contributed by atoms with van der Waals surface area (Å²) in [7, 11) is 2.05. The largest absolute Gasteiger partial charge is 0.329 e. The second-order valence-electron chi connectivity index (χ2n) is 5.57. The predicted molar refractivity (Wildman–Crippen MR) is 83.3 cm³/mol. The molecule has 1 aliphatic rings. The quantitative estimate of drug-likeness (QED) is 0.900. The van der Waals surface area contributed by atoms with Crippen LogP contribution in [0.3, 0.4) is 0 Å². The molecule has 1 saturated carbocycles. The first-order valence-electron chi connectivity index (χ1n) is 7.21.